The van der Waals surface area contributed by atoms with Crippen molar-refractivity contribution in [3.05, 3.63) is 35.4 Å². The van der Waals surface area contributed by atoms with E-state index >= 15 is 0 Å². The second kappa shape index (κ2) is 8.24. The van der Waals surface area contributed by atoms with Crippen LogP contribution in [0.15, 0.2) is 24.3 Å². The molecule has 0 saturated carbocycles. The molecule has 0 N–H and O–H groups in total. The number of hydrogen-bond acceptors (Lipinski definition) is 2. The summed E-state index contributed by atoms with van der Waals surface area (Å²) in [6, 6.07) is 4.18. The van der Waals surface area contributed by atoms with Gasteiger partial charge in [-0.05, 0) is 36.6 Å². The van der Waals surface area contributed by atoms with Gasteiger partial charge in [0.2, 0.25) is 0 Å². The van der Waals surface area contributed by atoms with Gasteiger partial charge < -0.3 is 9.47 Å². The normalized spacial score (nSPS) is 12.7. The molecule has 0 spiro atoms. The Kier molecular flexibility index (Phi) is 7.36. The number of methoxy groups -OCH3 is 2. The zero-order chi connectivity index (χ0) is 13.5. The largest absolute Gasteiger partial charge is 0.493 e. The Bertz CT molecular complexity index is 417. The van der Waals surface area contributed by atoms with E-state index < -0.39 is 0 Å². The van der Waals surface area contributed by atoms with E-state index in [0.29, 0.717) is 3.92 Å². The van der Waals surface area contributed by atoms with Crippen LogP contribution in [0.2, 0.25) is 0 Å². The first-order valence-electron chi connectivity index (χ1n) is 5.72. The lowest BCUT2D eigenvalue weighted by molar-refractivity contribution is 0.354. The molecule has 0 heterocycles. The standard InChI is InChI=1S/C14H18I2O2/c1-4-5-12(16)6-10-7-13(17-2)14(18-3)8-11(10)9-15/h4-5,7-8,12H,6,9H2,1-3H3/b5-4+/t12-/m1/s1. The van der Waals surface area contributed by atoms with Crippen molar-refractivity contribution in [1.29, 1.82) is 0 Å². The highest BCUT2D eigenvalue weighted by atomic mass is 127. The third kappa shape index (κ3) is 4.29. The molecule has 0 radical (unpaired) electrons. The molecule has 0 fully saturated rings. The van der Waals surface area contributed by atoms with Crippen LogP contribution in [-0.4, -0.2) is 18.1 Å². The van der Waals surface area contributed by atoms with Gasteiger partial charge in [-0.3, -0.25) is 0 Å². The van der Waals surface area contributed by atoms with Crippen molar-refractivity contribution in [2.75, 3.05) is 14.2 Å². The molecule has 0 bridgehead atoms. The van der Waals surface area contributed by atoms with Crippen molar-refractivity contribution >= 4 is 45.2 Å². The Morgan fingerprint density at radius 3 is 2.17 bits per heavy atom. The van der Waals surface area contributed by atoms with Crippen LogP contribution in [0.25, 0.3) is 0 Å². The summed E-state index contributed by atoms with van der Waals surface area (Å²) in [4.78, 5) is 0. The number of allylic oxidation sites excluding steroid dienone is 2. The molecule has 0 aliphatic heterocycles. The molecule has 2 nitrogen and oxygen atoms in total. The highest BCUT2D eigenvalue weighted by Gasteiger charge is 2.12. The summed E-state index contributed by atoms with van der Waals surface area (Å²) in [7, 11) is 3.36. The van der Waals surface area contributed by atoms with Crippen LogP contribution in [0.1, 0.15) is 18.1 Å². The first kappa shape index (κ1) is 16.1. The molecule has 0 amide bonds. The summed E-state index contributed by atoms with van der Waals surface area (Å²) in [5, 5.41) is 0. The van der Waals surface area contributed by atoms with Gasteiger partial charge in [0.15, 0.2) is 11.5 Å². The molecule has 18 heavy (non-hydrogen) atoms. The molecule has 1 aromatic carbocycles. The summed E-state index contributed by atoms with van der Waals surface area (Å²) >= 11 is 4.85. The fourth-order valence-electron chi connectivity index (χ4n) is 1.76. The molecule has 0 aromatic heterocycles. The molecule has 1 aromatic rings. The van der Waals surface area contributed by atoms with Crippen molar-refractivity contribution < 1.29 is 9.47 Å². The summed E-state index contributed by atoms with van der Waals surface area (Å²) < 4.78 is 12.2. The molecule has 0 aliphatic rings. The van der Waals surface area contributed by atoms with Gasteiger partial charge >= 0.3 is 0 Å². The Hall–Kier alpha value is 0.0200. The van der Waals surface area contributed by atoms with Crippen LogP contribution < -0.4 is 9.47 Å². The maximum Gasteiger partial charge on any atom is 0.161 e. The van der Waals surface area contributed by atoms with E-state index in [9.17, 15) is 0 Å². The maximum absolute atomic E-state index is 5.37. The van der Waals surface area contributed by atoms with E-state index in [0.717, 1.165) is 22.3 Å². The lowest BCUT2D eigenvalue weighted by Gasteiger charge is -2.15. The van der Waals surface area contributed by atoms with Gasteiger partial charge in [-0.15, -0.1) is 0 Å². The average Bonchev–Trinajstić information content (AvgIpc) is 2.38. The zero-order valence-corrected chi connectivity index (χ0v) is 15.2. The zero-order valence-electron chi connectivity index (χ0n) is 10.9. The minimum absolute atomic E-state index is 0.507. The minimum atomic E-state index is 0.507. The Labute approximate surface area is 136 Å². The summed E-state index contributed by atoms with van der Waals surface area (Å²) in [5.41, 5.74) is 2.65. The van der Waals surface area contributed by atoms with Crippen molar-refractivity contribution in [3.63, 3.8) is 0 Å². The molecule has 0 saturated heterocycles. The first-order chi connectivity index (χ1) is 8.65. The van der Waals surface area contributed by atoms with Gasteiger partial charge in [0.1, 0.15) is 0 Å². The second-order valence-corrected chi connectivity index (χ2v) is 6.22. The molecule has 100 valence electrons. The van der Waals surface area contributed by atoms with Crippen LogP contribution in [-0.2, 0) is 10.8 Å². The number of ether oxygens (including phenoxy) is 2. The molecule has 1 rings (SSSR count). The van der Waals surface area contributed by atoms with E-state index in [1.165, 1.54) is 11.1 Å². The SMILES string of the molecule is C/C=C/[C@@H](I)Cc1cc(OC)c(OC)cc1CI. The predicted octanol–water partition coefficient (Wildman–Crippen LogP) is 4.56. The van der Waals surface area contributed by atoms with Crippen LogP contribution in [0.4, 0.5) is 0 Å². The van der Waals surface area contributed by atoms with E-state index in [-0.39, 0.29) is 0 Å². The van der Waals surface area contributed by atoms with Crippen LogP contribution >= 0.6 is 45.2 Å². The van der Waals surface area contributed by atoms with Crippen molar-refractivity contribution in [2.45, 2.75) is 21.7 Å². The molecule has 4 heteroatoms. The molecular formula is C14H18I2O2. The van der Waals surface area contributed by atoms with Crippen molar-refractivity contribution in [1.82, 2.24) is 0 Å². The molecular weight excluding hydrogens is 454 g/mol. The van der Waals surface area contributed by atoms with Crippen molar-refractivity contribution in [2.24, 2.45) is 0 Å². The third-order valence-corrected chi connectivity index (χ3v) is 4.34. The number of halogens is 2. The predicted molar refractivity (Wildman–Crippen MR) is 93.6 cm³/mol. The second-order valence-electron chi connectivity index (χ2n) is 3.86. The number of hydrogen-bond donors (Lipinski definition) is 0. The highest BCUT2D eigenvalue weighted by molar-refractivity contribution is 14.1. The lowest BCUT2D eigenvalue weighted by atomic mass is 10.0. The van der Waals surface area contributed by atoms with Crippen LogP contribution in [0.5, 0.6) is 11.5 Å². The van der Waals surface area contributed by atoms with Gasteiger partial charge in [0.05, 0.1) is 14.2 Å². The highest BCUT2D eigenvalue weighted by Crippen LogP contribution is 2.32. The lowest BCUT2D eigenvalue weighted by Crippen LogP contribution is -2.03. The van der Waals surface area contributed by atoms with Crippen molar-refractivity contribution in [3.8, 4) is 11.5 Å². The van der Waals surface area contributed by atoms with Crippen LogP contribution in [0.3, 0.4) is 0 Å². The smallest absolute Gasteiger partial charge is 0.161 e. The van der Waals surface area contributed by atoms with E-state index in [2.05, 4.69) is 76.4 Å². The first-order valence-corrected chi connectivity index (χ1v) is 8.50. The maximum atomic E-state index is 5.37. The van der Waals surface area contributed by atoms with Gasteiger partial charge in [0, 0.05) is 8.35 Å². The van der Waals surface area contributed by atoms with Crippen LogP contribution in [0, 0.1) is 0 Å². The fraction of sp³-hybridized carbons (Fsp3) is 0.429. The quantitative estimate of drug-likeness (QED) is 0.344. The topological polar surface area (TPSA) is 18.5 Å². The third-order valence-electron chi connectivity index (χ3n) is 2.67. The average molecular weight is 472 g/mol. The number of benzene rings is 1. The Morgan fingerprint density at radius 1 is 1.17 bits per heavy atom. The van der Waals surface area contributed by atoms with Gasteiger partial charge in [-0.2, -0.15) is 0 Å². The van der Waals surface area contributed by atoms with Gasteiger partial charge in [0.25, 0.3) is 0 Å². The molecule has 0 aliphatic carbocycles. The molecule has 0 unspecified atom stereocenters. The summed E-state index contributed by atoms with van der Waals surface area (Å²) in [6.07, 6.45) is 5.33. The molecule has 1 atom stereocenters. The minimum Gasteiger partial charge on any atom is -0.493 e. The van der Waals surface area contributed by atoms with Gasteiger partial charge in [-0.25, -0.2) is 0 Å². The Morgan fingerprint density at radius 2 is 1.72 bits per heavy atom. The van der Waals surface area contributed by atoms with E-state index in [4.69, 9.17) is 9.47 Å². The summed E-state index contributed by atoms with van der Waals surface area (Å²) in [5.74, 6) is 1.62. The number of rotatable bonds is 6. The Balaban J connectivity index is 3.09. The summed E-state index contributed by atoms with van der Waals surface area (Å²) in [6.45, 7) is 2.06. The number of alkyl halides is 2. The van der Waals surface area contributed by atoms with Gasteiger partial charge in [-0.1, -0.05) is 57.3 Å². The fourth-order valence-corrected chi connectivity index (χ4v) is 3.36. The van der Waals surface area contributed by atoms with E-state index in [1.807, 2.05) is 0 Å². The van der Waals surface area contributed by atoms with E-state index in [1.54, 1.807) is 14.2 Å². The monoisotopic (exact) mass is 472 g/mol.